The highest BCUT2D eigenvalue weighted by atomic mass is 16.5. The number of anilines is 2. The number of hydrogen-bond acceptors (Lipinski definition) is 4. The number of rotatable bonds is 9. The highest BCUT2D eigenvalue weighted by Gasteiger charge is 2.22. The summed E-state index contributed by atoms with van der Waals surface area (Å²) in [5, 5.41) is 5.97. The number of carbonyl (C=O) groups excluding carboxylic acids is 2. The number of ether oxygens (including phenoxy) is 1. The Morgan fingerprint density at radius 3 is 2.32 bits per heavy atom. The van der Waals surface area contributed by atoms with Gasteiger partial charge in [0.15, 0.2) is 0 Å². The lowest BCUT2D eigenvalue weighted by atomic mass is 10.1. The Morgan fingerprint density at radius 2 is 1.62 bits per heavy atom. The summed E-state index contributed by atoms with van der Waals surface area (Å²) < 4.78 is 5.54. The molecule has 3 aromatic rings. The zero-order valence-corrected chi connectivity index (χ0v) is 19.5. The first-order chi connectivity index (χ1) is 16.6. The van der Waals surface area contributed by atoms with Crippen molar-refractivity contribution in [3.05, 3.63) is 95.6 Å². The molecular formula is C28H31N3O3. The molecule has 2 N–H and O–H groups in total. The first-order valence-electron chi connectivity index (χ1n) is 11.8. The molecule has 0 aliphatic carbocycles. The monoisotopic (exact) mass is 457 g/mol. The largest absolute Gasteiger partial charge is 0.371 e. The smallest absolute Gasteiger partial charge is 0.253 e. The first kappa shape index (κ1) is 23.5. The normalized spacial score (nSPS) is 14.0. The molecule has 1 aliphatic heterocycles. The van der Waals surface area contributed by atoms with Crippen LogP contribution in [0.1, 0.15) is 47.3 Å². The number of nitrogens with one attached hydrogen (secondary N) is 2. The maximum Gasteiger partial charge on any atom is 0.253 e. The van der Waals surface area contributed by atoms with Crippen molar-refractivity contribution in [2.24, 2.45) is 0 Å². The van der Waals surface area contributed by atoms with Crippen LogP contribution in [0.15, 0.2) is 78.9 Å². The topological polar surface area (TPSA) is 70.7 Å². The van der Waals surface area contributed by atoms with Crippen LogP contribution in [-0.2, 0) is 16.1 Å². The van der Waals surface area contributed by atoms with Crippen molar-refractivity contribution >= 4 is 23.2 Å². The lowest BCUT2D eigenvalue weighted by Crippen LogP contribution is -2.29. The molecule has 176 valence electrons. The maximum atomic E-state index is 13.3. The van der Waals surface area contributed by atoms with E-state index in [1.807, 2.05) is 79.7 Å². The Labute approximate surface area is 200 Å². The van der Waals surface area contributed by atoms with Crippen LogP contribution in [0.25, 0.3) is 0 Å². The molecule has 1 heterocycles. The average molecular weight is 458 g/mol. The molecule has 1 aliphatic rings. The van der Waals surface area contributed by atoms with E-state index in [0.29, 0.717) is 17.9 Å². The number of amides is 2. The summed E-state index contributed by atoms with van der Waals surface area (Å²) in [4.78, 5) is 28.0. The molecule has 0 spiro atoms. The summed E-state index contributed by atoms with van der Waals surface area (Å²) in [6.45, 7) is 4.13. The lowest BCUT2D eigenvalue weighted by molar-refractivity contribution is -0.121. The number of carbonyl (C=O) groups is 2. The number of hydrogen-bond donors (Lipinski definition) is 2. The molecule has 1 atom stereocenters. The molecule has 0 saturated carbocycles. The highest BCUT2D eigenvalue weighted by Crippen LogP contribution is 2.28. The molecule has 3 aromatic carbocycles. The van der Waals surface area contributed by atoms with Crippen molar-refractivity contribution in [2.75, 3.05) is 29.9 Å². The zero-order valence-electron chi connectivity index (χ0n) is 19.5. The summed E-state index contributed by atoms with van der Waals surface area (Å²) >= 11 is 0. The van der Waals surface area contributed by atoms with E-state index >= 15 is 0 Å². The fourth-order valence-electron chi connectivity index (χ4n) is 4.16. The van der Waals surface area contributed by atoms with Crippen LogP contribution < -0.4 is 15.5 Å². The van der Waals surface area contributed by atoms with Gasteiger partial charge in [-0.1, -0.05) is 60.7 Å². The summed E-state index contributed by atoms with van der Waals surface area (Å²) in [5.74, 6) is -0.413. The first-order valence-corrected chi connectivity index (χ1v) is 11.8. The van der Waals surface area contributed by atoms with Crippen molar-refractivity contribution in [1.29, 1.82) is 0 Å². The van der Waals surface area contributed by atoms with Crippen LogP contribution in [-0.4, -0.2) is 31.5 Å². The second-order valence-electron chi connectivity index (χ2n) is 8.56. The van der Waals surface area contributed by atoms with Gasteiger partial charge in [0.2, 0.25) is 5.91 Å². The predicted octanol–water partition coefficient (Wildman–Crippen LogP) is 4.93. The summed E-state index contributed by atoms with van der Waals surface area (Å²) in [5.41, 5.74) is 4.09. The summed E-state index contributed by atoms with van der Waals surface area (Å²) in [6, 6.07) is 25.0. The number of benzene rings is 3. The molecule has 34 heavy (non-hydrogen) atoms. The van der Waals surface area contributed by atoms with Crippen LogP contribution in [0, 0.1) is 0 Å². The van der Waals surface area contributed by atoms with Gasteiger partial charge < -0.3 is 20.3 Å². The van der Waals surface area contributed by atoms with Crippen molar-refractivity contribution in [2.45, 2.75) is 32.4 Å². The van der Waals surface area contributed by atoms with Crippen LogP contribution in [0.5, 0.6) is 0 Å². The van der Waals surface area contributed by atoms with E-state index in [-0.39, 0.29) is 24.5 Å². The van der Waals surface area contributed by atoms with Crippen LogP contribution in [0.4, 0.5) is 11.4 Å². The van der Waals surface area contributed by atoms with Crippen molar-refractivity contribution in [1.82, 2.24) is 5.32 Å². The molecule has 1 fully saturated rings. The molecule has 0 aromatic heterocycles. The number of nitrogens with zero attached hydrogens (tertiary/aromatic N) is 1. The molecule has 1 saturated heterocycles. The van der Waals surface area contributed by atoms with Gasteiger partial charge >= 0.3 is 0 Å². The Kier molecular flexibility index (Phi) is 7.94. The van der Waals surface area contributed by atoms with E-state index in [2.05, 4.69) is 15.5 Å². The van der Waals surface area contributed by atoms with Crippen LogP contribution >= 0.6 is 0 Å². The maximum absolute atomic E-state index is 13.3. The van der Waals surface area contributed by atoms with Gasteiger partial charge in [0.1, 0.15) is 6.61 Å². The standard InChI is InChI=1S/C28H31N3O3/c1-21(23-12-6-3-7-13-23)29-28(33)25-18-24(14-15-26(25)31-16-8-9-17-31)30-27(32)20-34-19-22-10-4-2-5-11-22/h2-7,10-15,18,21H,8-9,16-17,19-20H2,1H3,(H,29,33)(H,30,32). The Hall–Kier alpha value is -3.64. The fourth-order valence-corrected chi connectivity index (χ4v) is 4.16. The van der Waals surface area contributed by atoms with Gasteiger partial charge in [-0.2, -0.15) is 0 Å². The van der Waals surface area contributed by atoms with Crippen molar-refractivity contribution < 1.29 is 14.3 Å². The lowest BCUT2D eigenvalue weighted by Gasteiger charge is -2.23. The molecule has 6 nitrogen and oxygen atoms in total. The van der Waals surface area contributed by atoms with Gasteiger partial charge in [-0.25, -0.2) is 0 Å². The van der Waals surface area contributed by atoms with Gasteiger partial charge in [-0.15, -0.1) is 0 Å². The minimum Gasteiger partial charge on any atom is -0.371 e. The van der Waals surface area contributed by atoms with Gasteiger partial charge in [0, 0.05) is 24.5 Å². The third-order valence-electron chi connectivity index (χ3n) is 5.96. The SMILES string of the molecule is CC(NC(=O)c1cc(NC(=O)COCc2ccccc2)ccc1N1CCCC1)c1ccccc1. The third-order valence-corrected chi connectivity index (χ3v) is 5.96. The highest BCUT2D eigenvalue weighted by molar-refractivity contribution is 6.02. The quantitative estimate of drug-likeness (QED) is 0.478. The van der Waals surface area contributed by atoms with Crippen LogP contribution in [0.3, 0.4) is 0 Å². The Bertz CT molecular complexity index is 1100. The molecule has 4 rings (SSSR count). The summed E-state index contributed by atoms with van der Waals surface area (Å²) in [7, 11) is 0. The second-order valence-corrected chi connectivity index (χ2v) is 8.56. The fraction of sp³-hybridized carbons (Fsp3) is 0.286. The molecule has 0 bridgehead atoms. The van der Waals surface area contributed by atoms with E-state index in [4.69, 9.17) is 4.74 Å². The molecule has 2 amide bonds. The van der Waals surface area contributed by atoms with Crippen molar-refractivity contribution in [3.8, 4) is 0 Å². The predicted molar refractivity (Wildman–Crippen MR) is 135 cm³/mol. The van der Waals surface area contributed by atoms with E-state index in [9.17, 15) is 9.59 Å². The van der Waals surface area contributed by atoms with Gasteiger partial charge in [0.05, 0.1) is 18.2 Å². The Morgan fingerprint density at radius 1 is 0.941 bits per heavy atom. The van der Waals surface area contributed by atoms with Gasteiger partial charge in [-0.05, 0) is 49.1 Å². The van der Waals surface area contributed by atoms with E-state index in [1.54, 1.807) is 6.07 Å². The van der Waals surface area contributed by atoms with E-state index in [1.165, 1.54) is 0 Å². The molecule has 6 heteroatoms. The third kappa shape index (κ3) is 6.23. The summed E-state index contributed by atoms with van der Waals surface area (Å²) in [6.07, 6.45) is 2.22. The van der Waals surface area contributed by atoms with E-state index < -0.39 is 0 Å². The van der Waals surface area contributed by atoms with Gasteiger partial charge in [0.25, 0.3) is 5.91 Å². The average Bonchev–Trinajstić information content (AvgIpc) is 3.40. The molecular weight excluding hydrogens is 426 g/mol. The van der Waals surface area contributed by atoms with Crippen LogP contribution in [0.2, 0.25) is 0 Å². The molecule has 0 radical (unpaired) electrons. The molecule has 1 unspecified atom stereocenters. The minimum atomic E-state index is -0.256. The second kappa shape index (κ2) is 11.5. The van der Waals surface area contributed by atoms with E-state index in [0.717, 1.165) is 42.7 Å². The zero-order chi connectivity index (χ0) is 23.8. The minimum absolute atomic E-state index is 0.0602. The van der Waals surface area contributed by atoms with Gasteiger partial charge in [-0.3, -0.25) is 9.59 Å². The van der Waals surface area contributed by atoms with Crippen molar-refractivity contribution in [3.63, 3.8) is 0 Å². The Balaban J connectivity index is 1.44.